The average Bonchev–Trinajstić information content (AvgIpc) is 2.97. The molecule has 0 amide bonds. The highest BCUT2D eigenvalue weighted by atomic mass is 16.6. The quantitative estimate of drug-likeness (QED) is 0.463. The SMILES string of the molecule is Cn1cc(CC(=O)O)c2ccccc21.O=[N+]([O-])c1cc([N+](=O)[O-])c(O)c([N+](=O)[O-])c1. The van der Waals surface area contributed by atoms with Gasteiger partial charge in [0.25, 0.3) is 11.4 Å². The summed E-state index contributed by atoms with van der Waals surface area (Å²) in [7, 11) is 1.92. The molecular formula is C17H14N4O9. The largest absolute Gasteiger partial charge is 0.497 e. The minimum absolute atomic E-state index is 0.0847. The number of fused-ring (bicyclic) bond motifs is 1. The molecular weight excluding hydrogens is 404 g/mol. The monoisotopic (exact) mass is 418 g/mol. The van der Waals surface area contributed by atoms with Crippen LogP contribution < -0.4 is 0 Å². The summed E-state index contributed by atoms with van der Waals surface area (Å²) < 4.78 is 1.95. The van der Waals surface area contributed by atoms with Crippen LogP contribution in [0.5, 0.6) is 5.75 Å². The average molecular weight is 418 g/mol. The van der Waals surface area contributed by atoms with E-state index < -0.39 is 43.6 Å². The molecule has 13 nitrogen and oxygen atoms in total. The fourth-order valence-corrected chi connectivity index (χ4v) is 2.70. The van der Waals surface area contributed by atoms with Crippen molar-refractivity contribution < 1.29 is 29.8 Å². The van der Waals surface area contributed by atoms with Crippen LogP contribution in [-0.4, -0.2) is 35.5 Å². The molecule has 0 aliphatic carbocycles. The first-order valence-electron chi connectivity index (χ1n) is 8.07. The van der Waals surface area contributed by atoms with E-state index in [0.717, 1.165) is 16.5 Å². The first-order chi connectivity index (χ1) is 14.0. The summed E-state index contributed by atoms with van der Waals surface area (Å²) in [6.07, 6.45) is 1.96. The Hall–Kier alpha value is -4.55. The Balaban J connectivity index is 0.000000215. The van der Waals surface area contributed by atoms with E-state index in [4.69, 9.17) is 10.2 Å². The van der Waals surface area contributed by atoms with Gasteiger partial charge in [-0.3, -0.25) is 35.1 Å². The third-order valence-electron chi connectivity index (χ3n) is 3.98. The molecule has 0 bridgehead atoms. The highest BCUT2D eigenvalue weighted by molar-refractivity contribution is 5.87. The third kappa shape index (κ3) is 4.64. The second kappa shape index (κ2) is 8.64. The number of carboxylic acid groups (broad SMARTS) is 1. The molecule has 3 aromatic rings. The van der Waals surface area contributed by atoms with Crippen LogP contribution in [0.15, 0.2) is 42.6 Å². The van der Waals surface area contributed by atoms with Crippen LogP contribution >= 0.6 is 0 Å². The van der Waals surface area contributed by atoms with Gasteiger partial charge in [-0.2, -0.15) is 0 Å². The topological polar surface area (TPSA) is 192 Å². The molecule has 0 saturated heterocycles. The van der Waals surface area contributed by atoms with Crippen LogP contribution in [0, 0.1) is 30.3 Å². The molecule has 1 heterocycles. The number of rotatable bonds is 5. The number of aryl methyl sites for hydroxylation is 1. The van der Waals surface area contributed by atoms with Crippen molar-refractivity contribution in [3.63, 3.8) is 0 Å². The molecule has 0 radical (unpaired) electrons. The summed E-state index contributed by atoms with van der Waals surface area (Å²) in [6, 6.07) is 8.71. The lowest BCUT2D eigenvalue weighted by Gasteiger charge is -1.97. The van der Waals surface area contributed by atoms with Gasteiger partial charge in [0.1, 0.15) is 0 Å². The summed E-state index contributed by atoms with van der Waals surface area (Å²) in [5.41, 5.74) is -1.06. The Bertz CT molecular complexity index is 1130. The molecule has 0 unspecified atom stereocenters. The Morgan fingerprint density at radius 1 is 1.00 bits per heavy atom. The van der Waals surface area contributed by atoms with E-state index >= 15 is 0 Å². The Morgan fingerprint density at radius 3 is 2.00 bits per heavy atom. The van der Waals surface area contributed by atoms with E-state index in [9.17, 15) is 35.1 Å². The van der Waals surface area contributed by atoms with Crippen LogP contribution in [-0.2, 0) is 18.3 Å². The number of aromatic nitrogens is 1. The fraction of sp³-hybridized carbons (Fsp3) is 0.118. The number of phenols is 1. The van der Waals surface area contributed by atoms with Crippen molar-refractivity contribution in [1.29, 1.82) is 0 Å². The number of aromatic hydroxyl groups is 1. The molecule has 1 aromatic heterocycles. The summed E-state index contributed by atoms with van der Waals surface area (Å²) in [5, 5.41) is 50.0. The Kier molecular flexibility index (Phi) is 6.26. The molecule has 0 spiro atoms. The molecule has 0 aliphatic rings. The Morgan fingerprint density at radius 2 is 1.53 bits per heavy atom. The van der Waals surface area contributed by atoms with Crippen LogP contribution in [0.4, 0.5) is 17.1 Å². The van der Waals surface area contributed by atoms with Crippen LogP contribution in [0.2, 0.25) is 0 Å². The molecule has 0 fully saturated rings. The number of nitro benzene ring substituents is 3. The van der Waals surface area contributed by atoms with E-state index in [0.29, 0.717) is 12.1 Å². The molecule has 30 heavy (non-hydrogen) atoms. The van der Waals surface area contributed by atoms with Gasteiger partial charge in [-0.1, -0.05) is 18.2 Å². The summed E-state index contributed by atoms with van der Waals surface area (Å²) >= 11 is 0. The molecule has 13 heteroatoms. The van der Waals surface area contributed by atoms with Crippen molar-refractivity contribution in [2.75, 3.05) is 0 Å². The number of para-hydroxylation sites is 1. The molecule has 0 atom stereocenters. The van der Waals surface area contributed by atoms with Crippen molar-refractivity contribution in [3.8, 4) is 5.75 Å². The maximum atomic E-state index is 10.6. The van der Waals surface area contributed by atoms with Gasteiger partial charge in [-0.05, 0) is 11.6 Å². The van der Waals surface area contributed by atoms with Gasteiger partial charge in [0.2, 0.25) is 0 Å². The predicted octanol–water partition coefficient (Wildman–Crippen LogP) is 2.92. The maximum Gasteiger partial charge on any atom is 0.324 e. The van der Waals surface area contributed by atoms with Crippen molar-refractivity contribution in [1.82, 2.24) is 4.57 Å². The molecule has 2 aromatic carbocycles. The summed E-state index contributed by atoms with van der Waals surface area (Å²) in [5.74, 6) is -2.00. The molecule has 3 rings (SSSR count). The number of nitro groups is 3. The number of hydrogen-bond donors (Lipinski definition) is 2. The maximum absolute atomic E-state index is 10.6. The fourth-order valence-electron chi connectivity index (χ4n) is 2.70. The number of aliphatic carboxylic acids is 1. The number of carboxylic acids is 1. The zero-order chi connectivity index (χ0) is 22.6. The second-order valence-corrected chi connectivity index (χ2v) is 5.96. The standard InChI is InChI=1S/C11H11NO2.C6H3N3O7/c1-12-7-8(6-11(13)14)9-4-2-3-5-10(9)12;10-6-4(8(13)14)1-3(7(11)12)2-5(6)9(15)16/h2-5,7H,6H2,1H3,(H,13,14);1-2,10H. The Labute approximate surface area is 166 Å². The van der Waals surface area contributed by atoms with Crippen molar-refractivity contribution in [2.24, 2.45) is 7.05 Å². The normalized spacial score (nSPS) is 10.2. The third-order valence-corrected chi connectivity index (χ3v) is 3.98. The number of non-ortho nitro benzene ring substituents is 1. The van der Waals surface area contributed by atoms with Gasteiger partial charge in [0.15, 0.2) is 0 Å². The highest BCUT2D eigenvalue weighted by Crippen LogP contribution is 2.38. The van der Waals surface area contributed by atoms with E-state index in [1.54, 1.807) is 0 Å². The van der Waals surface area contributed by atoms with E-state index in [2.05, 4.69) is 0 Å². The summed E-state index contributed by atoms with van der Waals surface area (Å²) in [6.45, 7) is 0. The number of nitrogens with zero attached hydrogens (tertiary/aromatic N) is 4. The summed E-state index contributed by atoms with van der Waals surface area (Å²) in [4.78, 5) is 38.4. The van der Waals surface area contributed by atoms with Crippen molar-refractivity contribution in [2.45, 2.75) is 6.42 Å². The number of carbonyl (C=O) groups is 1. The highest BCUT2D eigenvalue weighted by Gasteiger charge is 2.30. The zero-order valence-electron chi connectivity index (χ0n) is 15.3. The number of hydrogen-bond acceptors (Lipinski definition) is 8. The first kappa shape index (κ1) is 21.7. The van der Waals surface area contributed by atoms with E-state index in [1.807, 2.05) is 42.1 Å². The van der Waals surface area contributed by atoms with Gasteiger partial charge in [0.05, 0.1) is 33.3 Å². The molecule has 2 N–H and O–H groups in total. The zero-order valence-corrected chi connectivity index (χ0v) is 15.3. The van der Waals surface area contributed by atoms with Gasteiger partial charge in [0, 0.05) is 24.1 Å². The predicted molar refractivity (Wildman–Crippen MR) is 102 cm³/mol. The first-order valence-corrected chi connectivity index (χ1v) is 8.07. The van der Waals surface area contributed by atoms with Gasteiger partial charge in [-0.25, -0.2) is 0 Å². The lowest BCUT2D eigenvalue weighted by Crippen LogP contribution is -1.98. The van der Waals surface area contributed by atoms with E-state index in [1.165, 1.54) is 0 Å². The number of phenolic OH excluding ortho intramolecular Hbond substituents is 1. The smallest absolute Gasteiger partial charge is 0.324 e. The molecule has 156 valence electrons. The number of benzene rings is 2. The van der Waals surface area contributed by atoms with Crippen molar-refractivity contribution in [3.05, 3.63) is 78.5 Å². The minimum Gasteiger partial charge on any atom is -0.497 e. The second-order valence-electron chi connectivity index (χ2n) is 5.96. The van der Waals surface area contributed by atoms with Crippen LogP contribution in [0.1, 0.15) is 5.56 Å². The van der Waals surface area contributed by atoms with Crippen LogP contribution in [0.3, 0.4) is 0 Å². The lowest BCUT2D eigenvalue weighted by molar-refractivity contribution is -0.404. The van der Waals surface area contributed by atoms with Gasteiger partial charge in [-0.15, -0.1) is 0 Å². The lowest BCUT2D eigenvalue weighted by atomic mass is 10.1. The van der Waals surface area contributed by atoms with Crippen molar-refractivity contribution >= 4 is 33.9 Å². The molecule has 0 saturated carbocycles. The van der Waals surface area contributed by atoms with Gasteiger partial charge >= 0.3 is 17.3 Å². The minimum atomic E-state index is -1.21. The van der Waals surface area contributed by atoms with E-state index in [-0.39, 0.29) is 6.42 Å². The van der Waals surface area contributed by atoms with Crippen LogP contribution in [0.25, 0.3) is 10.9 Å². The molecule has 0 aliphatic heterocycles. The van der Waals surface area contributed by atoms with Gasteiger partial charge < -0.3 is 14.8 Å².